The minimum atomic E-state index is -4.75. The topological polar surface area (TPSA) is 44.6 Å². The van der Waals surface area contributed by atoms with Crippen LogP contribution in [0.1, 0.15) is 12.0 Å². The zero-order valence-electron chi connectivity index (χ0n) is 9.28. The lowest BCUT2D eigenvalue weighted by Gasteiger charge is -2.24. The van der Waals surface area contributed by atoms with Gasteiger partial charge in [0.05, 0.1) is 12.1 Å². The second kappa shape index (κ2) is 4.45. The van der Waals surface area contributed by atoms with Gasteiger partial charge in [0.2, 0.25) is 0 Å². The molecule has 96 valence electrons. The molecule has 1 unspecified atom stereocenters. The normalized spacial score (nSPS) is 24.1. The van der Waals surface area contributed by atoms with E-state index in [-0.39, 0.29) is 5.71 Å². The van der Waals surface area contributed by atoms with Gasteiger partial charge in [-0.05, 0) is 11.6 Å². The number of alkyl halides is 3. The molecule has 0 saturated carbocycles. The summed E-state index contributed by atoms with van der Waals surface area (Å²) in [5.74, 6) is 0. The first kappa shape index (κ1) is 12.6. The Morgan fingerprint density at radius 1 is 1.22 bits per heavy atom. The SMILES string of the molecule is OC1(C(F)(F)F)CC(C=Cc2ccccc2)=NN1. The van der Waals surface area contributed by atoms with Crippen LogP contribution in [0, 0.1) is 0 Å². The number of nitrogens with one attached hydrogen (secondary N) is 1. The fraction of sp³-hybridized carbons (Fsp3) is 0.250. The summed E-state index contributed by atoms with van der Waals surface area (Å²) in [5.41, 5.74) is -0.227. The molecule has 1 heterocycles. The Bertz CT molecular complexity index is 482. The summed E-state index contributed by atoms with van der Waals surface area (Å²) in [6.45, 7) is 0. The molecule has 3 nitrogen and oxygen atoms in total. The minimum Gasteiger partial charge on any atom is -0.362 e. The molecule has 0 aliphatic carbocycles. The number of aliphatic hydroxyl groups is 1. The third-order valence-corrected chi connectivity index (χ3v) is 2.56. The lowest BCUT2D eigenvalue weighted by molar-refractivity contribution is -0.266. The van der Waals surface area contributed by atoms with Gasteiger partial charge in [-0.2, -0.15) is 18.3 Å². The molecule has 1 atom stereocenters. The number of allylic oxidation sites excluding steroid dienone is 1. The van der Waals surface area contributed by atoms with E-state index in [1.54, 1.807) is 11.5 Å². The van der Waals surface area contributed by atoms with Crippen LogP contribution in [-0.4, -0.2) is 22.7 Å². The summed E-state index contributed by atoms with van der Waals surface area (Å²) < 4.78 is 37.4. The van der Waals surface area contributed by atoms with E-state index in [1.165, 1.54) is 6.08 Å². The molecule has 0 radical (unpaired) electrons. The summed E-state index contributed by atoms with van der Waals surface area (Å²) in [4.78, 5) is 0. The van der Waals surface area contributed by atoms with Crippen LogP contribution in [0.2, 0.25) is 0 Å². The third kappa shape index (κ3) is 2.53. The second-order valence-corrected chi connectivity index (χ2v) is 3.99. The quantitative estimate of drug-likeness (QED) is 0.852. The Kier molecular flexibility index (Phi) is 3.13. The Hall–Kier alpha value is -1.82. The van der Waals surface area contributed by atoms with Gasteiger partial charge in [0, 0.05) is 0 Å². The van der Waals surface area contributed by atoms with Gasteiger partial charge < -0.3 is 5.11 Å². The van der Waals surface area contributed by atoms with E-state index in [2.05, 4.69) is 5.10 Å². The first-order valence-corrected chi connectivity index (χ1v) is 5.27. The number of hydrazone groups is 1. The van der Waals surface area contributed by atoms with Crippen molar-refractivity contribution in [3.8, 4) is 0 Å². The molecule has 18 heavy (non-hydrogen) atoms. The Morgan fingerprint density at radius 3 is 2.44 bits per heavy atom. The fourth-order valence-corrected chi connectivity index (χ4v) is 1.52. The van der Waals surface area contributed by atoms with E-state index in [0.29, 0.717) is 0 Å². The van der Waals surface area contributed by atoms with Crippen LogP contribution in [0.25, 0.3) is 6.08 Å². The predicted octanol–water partition coefficient (Wildman–Crippen LogP) is 2.30. The summed E-state index contributed by atoms with van der Waals surface area (Å²) in [5, 5.41) is 12.8. The van der Waals surface area contributed by atoms with Crippen LogP contribution >= 0.6 is 0 Å². The van der Waals surface area contributed by atoms with Crippen molar-refractivity contribution in [1.82, 2.24) is 5.43 Å². The van der Waals surface area contributed by atoms with Crippen molar-refractivity contribution in [3.63, 3.8) is 0 Å². The van der Waals surface area contributed by atoms with Gasteiger partial charge in [-0.1, -0.05) is 36.4 Å². The molecule has 1 aliphatic heterocycles. The van der Waals surface area contributed by atoms with Crippen molar-refractivity contribution < 1.29 is 18.3 Å². The van der Waals surface area contributed by atoms with E-state index in [9.17, 15) is 18.3 Å². The van der Waals surface area contributed by atoms with E-state index < -0.39 is 18.3 Å². The van der Waals surface area contributed by atoms with Crippen molar-refractivity contribution in [2.75, 3.05) is 0 Å². The van der Waals surface area contributed by atoms with Crippen LogP contribution < -0.4 is 5.43 Å². The summed E-state index contributed by atoms with van der Waals surface area (Å²) in [6.07, 6.45) is -2.26. The van der Waals surface area contributed by atoms with Crippen LogP contribution in [0.3, 0.4) is 0 Å². The van der Waals surface area contributed by atoms with E-state index >= 15 is 0 Å². The molecular weight excluding hydrogens is 245 g/mol. The van der Waals surface area contributed by atoms with Crippen LogP contribution in [0.5, 0.6) is 0 Å². The number of hydrogen-bond donors (Lipinski definition) is 2. The summed E-state index contributed by atoms with van der Waals surface area (Å²) >= 11 is 0. The van der Waals surface area contributed by atoms with Gasteiger partial charge >= 0.3 is 6.18 Å². The highest BCUT2D eigenvalue weighted by Crippen LogP contribution is 2.33. The zero-order chi connectivity index (χ0) is 13.2. The second-order valence-electron chi connectivity index (χ2n) is 3.99. The van der Waals surface area contributed by atoms with Crippen molar-refractivity contribution in [2.45, 2.75) is 18.3 Å². The molecule has 0 bridgehead atoms. The standard InChI is InChI=1S/C12H11F3N2O/c13-12(14,15)11(18)8-10(16-17-11)7-6-9-4-2-1-3-5-9/h1-7,17-18H,8H2. The Morgan fingerprint density at radius 2 is 1.89 bits per heavy atom. The van der Waals surface area contributed by atoms with Gasteiger partial charge in [-0.3, -0.25) is 5.43 Å². The minimum absolute atomic E-state index is 0.152. The van der Waals surface area contributed by atoms with E-state index in [4.69, 9.17) is 0 Å². The smallest absolute Gasteiger partial charge is 0.362 e. The van der Waals surface area contributed by atoms with E-state index in [1.807, 2.05) is 30.3 Å². The highest BCUT2D eigenvalue weighted by atomic mass is 19.4. The highest BCUT2D eigenvalue weighted by molar-refractivity contribution is 5.99. The third-order valence-electron chi connectivity index (χ3n) is 2.56. The van der Waals surface area contributed by atoms with Crippen LogP contribution in [-0.2, 0) is 0 Å². The first-order chi connectivity index (χ1) is 8.41. The Balaban J connectivity index is 2.04. The van der Waals surface area contributed by atoms with Gasteiger partial charge in [0.15, 0.2) is 0 Å². The maximum atomic E-state index is 12.5. The van der Waals surface area contributed by atoms with Crippen molar-refractivity contribution in [2.24, 2.45) is 5.10 Å². The average molecular weight is 256 g/mol. The number of halogens is 3. The molecular formula is C12H11F3N2O. The fourth-order valence-electron chi connectivity index (χ4n) is 1.52. The number of benzene rings is 1. The molecule has 0 saturated heterocycles. The first-order valence-electron chi connectivity index (χ1n) is 5.27. The zero-order valence-corrected chi connectivity index (χ0v) is 9.28. The van der Waals surface area contributed by atoms with Crippen molar-refractivity contribution in [1.29, 1.82) is 0 Å². The number of nitrogens with zero attached hydrogens (tertiary/aromatic N) is 1. The Labute approximate surface area is 102 Å². The molecule has 2 N–H and O–H groups in total. The van der Waals surface area contributed by atoms with Gasteiger partial charge in [0.1, 0.15) is 0 Å². The molecule has 1 aromatic carbocycles. The average Bonchev–Trinajstić information content (AvgIpc) is 2.71. The number of hydrogen-bond acceptors (Lipinski definition) is 3. The molecule has 6 heteroatoms. The maximum absolute atomic E-state index is 12.5. The highest BCUT2D eigenvalue weighted by Gasteiger charge is 2.56. The van der Waals surface area contributed by atoms with Gasteiger partial charge in [-0.15, -0.1) is 0 Å². The molecule has 2 rings (SSSR count). The molecule has 0 aromatic heterocycles. The molecule has 1 aromatic rings. The van der Waals surface area contributed by atoms with E-state index in [0.717, 1.165) is 5.56 Å². The van der Waals surface area contributed by atoms with Crippen molar-refractivity contribution >= 4 is 11.8 Å². The van der Waals surface area contributed by atoms with Gasteiger partial charge in [-0.25, -0.2) is 0 Å². The number of rotatable bonds is 2. The predicted molar refractivity (Wildman–Crippen MR) is 61.7 cm³/mol. The molecule has 0 amide bonds. The van der Waals surface area contributed by atoms with Crippen molar-refractivity contribution in [3.05, 3.63) is 42.0 Å². The van der Waals surface area contributed by atoms with Crippen LogP contribution in [0.4, 0.5) is 13.2 Å². The lowest BCUT2D eigenvalue weighted by atomic mass is 10.1. The largest absolute Gasteiger partial charge is 0.438 e. The molecule has 1 aliphatic rings. The van der Waals surface area contributed by atoms with Crippen LogP contribution in [0.15, 0.2) is 41.5 Å². The molecule has 0 fully saturated rings. The molecule has 0 spiro atoms. The monoisotopic (exact) mass is 256 g/mol. The maximum Gasteiger partial charge on any atom is 0.438 e. The summed E-state index contributed by atoms with van der Waals surface area (Å²) in [6, 6.07) is 9.11. The summed E-state index contributed by atoms with van der Waals surface area (Å²) in [7, 11) is 0. The lowest BCUT2D eigenvalue weighted by Crippen LogP contribution is -2.52. The van der Waals surface area contributed by atoms with Gasteiger partial charge in [0.25, 0.3) is 5.72 Å².